The van der Waals surface area contributed by atoms with Crippen LogP contribution in [0.1, 0.15) is 13.8 Å². The van der Waals surface area contributed by atoms with Gasteiger partial charge in [-0.25, -0.2) is 0 Å². The Hall–Kier alpha value is -0.630. The topological polar surface area (TPSA) is 21.6 Å². The molecule has 2 atom stereocenters. The zero-order chi connectivity index (χ0) is 7.61. The molecule has 0 saturated heterocycles. The van der Waals surface area contributed by atoms with Crippen molar-refractivity contribution in [3.8, 4) is 0 Å². The lowest BCUT2D eigenvalue weighted by Crippen LogP contribution is -2.35. The Bertz CT molecular complexity index is 174. The Labute approximate surface area is 61.6 Å². The van der Waals surface area contributed by atoms with E-state index in [1.54, 1.807) is 13.3 Å². The first-order valence-electron chi connectivity index (χ1n) is 3.45. The van der Waals surface area contributed by atoms with Gasteiger partial charge in [-0.1, -0.05) is 6.92 Å². The van der Waals surface area contributed by atoms with Crippen LogP contribution in [0, 0.1) is 5.92 Å². The maximum absolute atomic E-state index is 5.31. The number of aliphatic imine (C=N–C) groups is 1. The predicted molar refractivity (Wildman–Crippen MR) is 42.2 cm³/mol. The van der Waals surface area contributed by atoms with E-state index in [1.807, 2.05) is 12.3 Å². The van der Waals surface area contributed by atoms with E-state index in [0.717, 1.165) is 0 Å². The van der Waals surface area contributed by atoms with Gasteiger partial charge in [0.2, 0.25) is 0 Å². The minimum atomic E-state index is -0.151. The second-order valence-electron chi connectivity index (χ2n) is 2.79. The van der Waals surface area contributed by atoms with Gasteiger partial charge in [-0.2, -0.15) is 0 Å². The Kier molecular flexibility index (Phi) is 1.90. The van der Waals surface area contributed by atoms with Gasteiger partial charge in [-0.15, -0.1) is 0 Å². The van der Waals surface area contributed by atoms with Crippen LogP contribution in [0.5, 0.6) is 0 Å². The summed E-state index contributed by atoms with van der Waals surface area (Å²) in [6.07, 6.45) is 5.67. The molecule has 0 spiro atoms. The molecule has 10 heavy (non-hydrogen) atoms. The molecule has 0 bridgehead atoms. The highest BCUT2D eigenvalue weighted by Gasteiger charge is 2.28. The molecular formula is C8H13NO. The fraction of sp³-hybridized carbons (Fsp3) is 0.625. The van der Waals surface area contributed by atoms with Crippen molar-refractivity contribution in [2.45, 2.75) is 19.4 Å². The summed E-state index contributed by atoms with van der Waals surface area (Å²) < 4.78 is 5.31. The van der Waals surface area contributed by atoms with Gasteiger partial charge in [0.05, 0.1) is 5.60 Å². The first kappa shape index (κ1) is 7.48. The highest BCUT2D eigenvalue weighted by atomic mass is 16.5. The van der Waals surface area contributed by atoms with Gasteiger partial charge in [0.1, 0.15) is 0 Å². The van der Waals surface area contributed by atoms with Gasteiger partial charge < -0.3 is 4.74 Å². The summed E-state index contributed by atoms with van der Waals surface area (Å²) in [4.78, 5) is 4.02. The average Bonchev–Trinajstić information content (AvgIpc) is 1.96. The Balaban J connectivity index is 2.77. The van der Waals surface area contributed by atoms with E-state index in [1.165, 1.54) is 0 Å². The molecule has 0 fully saturated rings. The molecule has 0 aromatic carbocycles. The number of rotatable bonds is 1. The van der Waals surface area contributed by atoms with Gasteiger partial charge in [0.15, 0.2) is 0 Å². The zero-order valence-corrected chi connectivity index (χ0v) is 6.66. The molecule has 0 aliphatic carbocycles. The summed E-state index contributed by atoms with van der Waals surface area (Å²) in [6, 6.07) is 0. The quantitative estimate of drug-likeness (QED) is 0.541. The van der Waals surface area contributed by atoms with Crippen LogP contribution in [0.4, 0.5) is 0 Å². The minimum Gasteiger partial charge on any atom is -0.374 e. The Morgan fingerprint density at radius 2 is 2.30 bits per heavy atom. The van der Waals surface area contributed by atoms with Crippen LogP contribution in [0.3, 0.4) is 0 Å². The maximum Gasteiger partial charge on any atom is 0.0922 e. The van der Waals surface area contributed by atoms with E-state index in [0.29, 0.717) is 5.92 Å². The molecule has 0 N–H and O–H groups in total. The second-order valence-corrected chi connectivity index (χ2v) is 2.79. The second kappa shape index (κ2) is 2.54. The predicted octanol–water partition coefficient (Wildman–Crippen LogP) is 1.63. The molecule has 2 nitrogen and oxygen atoms in total. The van der Waals surface area contributed by atoms with Crippen molar-refractivity contribution in [2.24, 2.45) is 10.9 Å². The first-order valence-corrected chi connectivity index (χ1v) is 3.45. The zero-order valence-electron chi connectivity index (χ0n) is 6.66. The third-order valence-electron chi connectivity index (χ3n) is 2.15. The molecule has 1 aliphatic heterocycles. The molecule has 1 rings (SSSR count). The van der Waals surface area contributed by atoms with Crippen LogP contribution in [-0.4, -0.2) is 18.9 Å². The lowest BCUT2D eigenvalue weighted by Gasteiger charge is -2.30. The highest BCUT2D eigenvalue weighted by molar-refractivity contribution is 5.65. The van der Waals surface area contributed by atoms with Crippen molar-refractivity contribution < 1.29 is 4.74 Å². The number of hydrogen-bond donors (Lipinski definition) is 0. The molecule has 0 aromatic rings. The van der Waals surface area contributed by atoms with Crippen molar-refractivity contribution >= 4 is 6.21 Å². The third kappa shape index (κ3) is 1.12. The van der Waals surface area contributed by atoms with Crippen LogP contribution in [0.2, 0.25) is 0 Å². The molecule has 0 radical (unpaired) electrons. The molecular weight excluding hydrogens is 126 g/mol. The fourth-order valence-electron chi connectivity index (χ4n) is 0.924. The molecule has 2 unspecified atom stereocenters. The van der Waals surface area contributed by atoms with Crippen molar-refractivity contribution in [3.05, 3.63) is 12.3 Å². The highest BCUT2D eigenvalue weighted by Crippen LogP contribution is 2.23. The Morgan fingerprint density at radius 1 is 1.60 bits per heavy atom. The number of hydrogen-bond acceptors (Lipinski definition) is 2. The normalized spacial score (nSPS) is 38.5. The van der Waals surface area contributed by atoms with Crippen molar-refractivity contribution in [3.63, 3.8) is 0 Å². The number of nitrogens with zero attached hydrogens (tertiary/aromatic N) is 1. The lowest BCUT2D eigenvalue weighted by atomic mass is 9.90. The van der Waals surface area contributed by atoms with Gasteiger partial charge in [0.25, 0.3) is 0 Å². The van der Waals surface area contributed by atoms with E-state index < -0.39 is 0 Å². The first-order chi connectivity index (χ1) is 4.69. The SMILES string of the molecule is COC1(C)C=CN=CC1C. The van der Waals surface area contributed by atoms with E-state index in [-0.39, 0.29) is 5.60 Å². The van der Waals surface area contributed by atoms with Gasteiger partial charge in [-0.05, 0) is 13.0 Å². The summed E-state index contributed by atoms with van der Waals surface area (Å²) >= 11 is 0. The Morgan fingerprint density at radius 3 is 2.70 bits per heavy atom. The maximum atomic E-state index is 5.31. The molecule has 56 valence electrons. The standard InChI is InChI=1S/C8H13NO/c1-7-6-9-5-4-8(7,2)10-3/h4-7H,1-3H3. The van der Waals surface area contributed by atoms with E-state index in [4.69, 9.17) is 4.74 Å². The van der Waals surface area contributed by atoms with Gasteiger partial charge >= 0.3 is 0 Å². The van der Waals surface area contributed by atoms with Crippen LogP contribution in [0.25, 0.3) is 0 Å². The molecule has 1 aliphatic rings. The van der Waals surface area contributed by atoms with E-state index >= 15 is 0 Å². The van der Waals surface area contributed by atoms with Crippen LogP contribution < -0.4 is 0 Å². The van der Waals surface area contributed by atoms with Crippen LogP contribution >= 0.6 is 0 Å². The number of methoxy groups -OCH3 is 1. The summed E-state index contributed by atoms with van der Waals surface area (Å²) in [5.41, 5.74) is -0.151. The summed E-state index contributed by atoms with van der Waals surface area (Å²) in [7, 11) is 1.72. The van der Waals surface area contributed by atoms with Crippen LogP contribution in [0.15, 0.2) is 17.3 Å². The summed E-state index contributed by atoms with van der Waals surface area (Å²) in [6.45, 7) is 4.15. The molecule has 0 saturated carbocycles. The van der Waals surface area contributed by atoms with E-state index in [2.05, 4.69) is 18.8 Å². The average molecular weight is 139 g/mol. The van der Waals surface area contributed by atoms with E-state index in [9.17, 15) is 0 Å². The fourth-order valence-corrected chi connectivity index (χ4v) is 0.924. The van der Waals surface area contributed by atoms with Gasteiger partial charge in [-0.3, -0.25) is 4.99 Å². The van der Waals surface area contributed by atoms with Crippen molar-refractivity contribution in [1.29, 1.82) is 0 Å². The number of ether oxygens (including phenoxy) is 1. The molecule has 1 heterocycles. The molecule has 2 heteroatoms. The largest absolute Gasteiger partial charge is 0.374 e. The minimum absolute atomic E-state index is 0.151. The molecule has 0 amide bonds. The molecule has 0 aromatic heterocycles. The third-order valence-corrected chi connectivity index (χ3v) is 2.15. The summed E-state index contributed by atoms with van der Waals surface area (Å²) in [5, 5.41) is 0. The van der Waals surface area contributed by atoms with Crippen molar-refractivity contribution in [1.82, 2.24) is 0 Å². The van der Waals surface area contributed by atoms with Crippen LogP contribution in [-0.2, 0) is 4.74 Å². The summed E-state index contributed by atoms with van der Waals surface area (Å²) in [5.74, 6) is 0.363. The van der Waals surface area contributed by atoms with Gasteiger partial charge in [0, 0.05) is 25.4 Å². The lowest BCUT2D eigenvalue weighted by molar-refractivity contribution is 0.0253. The smallest absolute Gasteiger partial charge is 0.0922 e. The monoisotopic (exact) mass is 139 g/mol. The van der Waals surface area contributed by atoms with Crippen molar-refractivity contribution in [2.75, 3.05) is 7.11 Å².